The molecule has 1 amide bonds. The van der Waals surface area contributed by atoms with Crippen LogP contribution in [0.5, 0.6) is 5.75 Å². The molecule has 3 aromatic rings. The van der Waals surface area contributed by atoms with Crippen molar-refractivity contribution in [3.8, 4) is 5.75 Å². The second kappa shape index (κ2) is 9.55. The van der Waals surface area contributed by atoms with Gasteiger partial charge in [-0.2, -0.15) is 0 Å². The third kappa shape index (κ3) is 6.28. The highest BCUT2D eigenvalue weighted by molar-refractivity contribution is 6.30. The smallest absolute Gasteiger partial charge is 0.258 e. The highest BCUT2D eigenvalue weighted by Gasteiger charge is 2.03. The maximum absolute atomic E-state index is 11.9. The van der Waals surface area contributed by atoms with Gasteiger partial charge in [-0.1, -0.05) is 41.9 Å². The fraction of sp³-hybridized carbons (Fsp3) is 0.0909. The number of halogens is 1. The van der Waals surface area contributed by atoms with E-state index in [9.17, 15) is 4.79 Å². The minimum atomic E-state index is -0.160. The summed E-state index contributed by atoms with van der Waals surface area (Å²) in [5.74, 6) is 0.473. The summed E-state index contributed by atoms with van der Waals surface area (Å²) in [6.07, 6.45) is 1.76. The zero-order valence-electron chi connectivity index (χ0n) is 14.6. The number of carbonyl (C=O) groups is 1. The first-order valence-corrected chi connectivity index (χ1v) is 8.90. The third-order valence-corrected chi connectivity index (χ3v) is 4.02. The van der Waals surface area contributed by atoms with Gasteiger partial charge < -0.3 is 10.1 Å². The molecule has 3 rings (SSSR count). The lowest BCUT2D eigenvalue weighted by Crippen LogP contribution is -2.28. The van der Waals surface area contributed by atoms with Gasteiger partial charge in [0, 0.05) is 17.8 Å². The van der Waals surface area contributed by atoms with Gasteiger partial charge in [-0.25, -0.2) is 0 Å². The van der Waals surface area contributed by atoms with E-state index in [1.54, 1.807) is 18.3 Å². The average molecular weight is 379 g/mol. The first-order valence-electron chi connectivity index (χ1n) is 8.52. The zero-order valence-corrected chi connectivity index (χ0v) is 15.4. The molecule has 0 saturated heterocycles. The molecule has 5 heteroatoms. The topological polar surface area (TPSA) is 50.7 Å². The van der Waals surface area contributed by atoms with Crippen LogP contribution in [-0.4, -0.2) is 18.7 Å². The lowest BCUT2D eigenvalue weighted by atomic mass is 10.2. The van der Waals surface area contributed by atoms with E-state index in [4.69, 9.17) is 16.3 Å². The maximum atomic E-state index is 11.9. The van der Waals surface area contributed by atoms with Gasteiger partial charge in [0.05, 0.1) is 5.69 Å². The molecule has 3 aromatic carbocycles. The van der Waals surface area contributed by atoms with Crippen LogP contribution in [-0.2, 0) is 11.3 Å². The van der Waals surface area contributed by atoms with E-state index in [1.165, 1.54) is 0 Å². The Bertz CT molecular complexity index is 892. The van der Waals surface area contributed by atoms with Crippen molar-refractivity contribution in [2.45, 2.75) is 6.54 Å². The van der Waals surface area contributed by atoms with Crippen LogP contribution < -0.4 is 10.1 Å². The summed E-state index contributed by atoms with van der Waals surface area (Å²) < 4.78 is 5.52. The summed E-state index contributed by atoms with van der Waals surface area (Å²) in [6, 6.07) is 24.5. The highest BCUT2D eigenvalue weighted by atomic mass is 35.5. The van der Waals surface area contributed by atoms with E-state index in [2.05, 4.69) is 10.3 Å². The molecule has 0 bridgehead atoms. The number of hydrogen-bond donors (Lipinski definition) is 1. The molecule has 0 heterocycles. The summed E-state index contributed by atoms with van der Waals surface area (Å²) >= 11 is 5.85. The van der Waals surface area contributed by atoms with Crippen LogP contribution in [0.3, 0.4) is 0 Å². The Morgan fingerprint density at radius 3 is 2.37 bits per heavy atom. The summed E-state index contributed by atoms with van der Waals surface area (Å²) in [5.41, 5.74) is 2.82. The minimum absolute atomic E-state index is 0.0228. The average Bonchev–Trinajstić information content (AvgIpc) is 2.72. The Morgan fingerprint density at radius 2 is 1.67 bits per heavy atom. The van der Waals surface area contributed by atoms with Crippen LogP contribution >= 0.6 is 11.6 Å². The van der Waals surface area contributed by atoms with Gasteiger partial charge in [-0.3, -0.25) is 9.79 Å². The van der Waals surface area contributed by atoms with Crippen molar-refractivity contribution in [2.75, 3.05) is 6.61 Å². The predicted octanol–water partition coefficient (Wildman–Crippen LogP) is 4.79. The lowest BCUT2D eigenvalue weighted by Gasteiger charge is -2.08. The second-order valence-corrected chi connectivity index (χ2v) is 6.29. The van der Waals surface area contributed by atoms with Gasteiger partial charge in [0.15, 0.2) is 6.61 Å². The van der Waals surface area contributed by atoms with Gasteiger partial charge in [0.2, 0.25) is 0 Å². The summed E-state index contributed by atoms with van der Waals surface area (Å²) in [5, 5.41) is 3.51. The Kier molecular flexibility index (Phi) is 6.61. The lowest BCUT2D eigenvalue weighted by molar-refractivity contribution is -0.123. The quantitative estimate of drug-likeness (QED) is 0.601. The van der Waals surface area contributed by atoms with Crippen molar-refractivity contribution in [1.29, 1.82) is 0 Å². The number of nitrogens with zero attached hydrogens (tertiary/aromatic N) is 1. The first kappa shape index (κ1) is 18.7. The van der Waals surface area contributed by atoms with Gasteiger partial charge in [-0.15, -0.1) is 0 Å². The van der Waals surface area contributed by atoms with Gasteiger partial charge in [0.1, 0.15) is 5.75 Å². The Morgan fingerprint density at radius 1 is 0.963 bits per heavy atom. The van der Waals surface area contributed by atoms with Crippen molar-refractivity contribution >= 4 is 29.4 Å². The van der Waals surface area contributed by atoms with Gasteiger partial charge in [-0.05, 0) is 59.7 Å². The molecule has 0 spiro atoms. The van der Waals surface area contributed by atoms with Crippen LogP contribution in [0.1, 0.15) is 11.1 Å². The van der Waals surface area contributed by atoms with Crippen molar-refractivity contribution in [3.05, 3.63) is 95.0 Å². The van der Waals surface area contributed by atoms with E-state index in [0.29, 0.717) is 17.3 Å². The van der Waals surface area contributed by atoms with Crippen molar-refractivity contribution in [2.24, 2.45) is 4.99 Å². The Labute approximate surface area is 163 Å². The minimum Gasteiger partial charge on any atom is -0.484 e. The Balaban J connectivity index is 1.46. The van der Waals surface area contributed by atoms with Crippen LogP contribution in [0, 0.1) is 0 Å². The molecule has 0 aromatic heterocycles. The van der Waals surface area contributed by atoms with E-state index in [-0.39, 0.29) is 12.5 Å². The van der Waals surface area contributed by atoms with E-state index in [0.717, 1.165) is 16.8 Å². The number of rotatable bonds is 7. The summed E-state index contributed by atoms with van der Waals surface area (Å²) in [6.45, 7) is 0.466. The van der Waals surface area contributed by atoms with Gasteiger partial charge in [0.25, 0.3) is 5.91 Å². The van der Waals surface area contributed by atoms with Crippen LogP contribution in [0.2, 0.25) is 5.02 Å². The molecule has 0 fully saturated rings. The monoisotopic (exact) mass is 378 g/mol. The van der Waals surface area contributed by atoms with Crippen molar-refractivity contribution < 1.29 is 9.53 Å². The van der Waals surface area contributed by atoms with E-state index in [1.807, 2.05) is 66.7 Å². The largest absolute Gasteiger partial charge is 0.484 e. The number of carbonyl (C=O) groups excluding carboxylic acids is 1. The van der Waals surface area contributed by atoms with Crippen LogP contribution in [0.15, 0.2) is 83.9 Å². The Hall–Kier alpha value is -3.11. The molecular weight excluding hydrogens is 360 g/mol. The molecule has 1 N–H and O–H groups in total. The molecule has 136 valence electrons. The van der Waals surface area contributed by atoms with Gasteiger partial charge >= 0.3 is 0 Å². The van der Waals surface area contributed by atoms with Crippen LogP contribution in [0.4, 0.5) is 5.69 Å². The fourth-order valence-corrected chi connectivity index (χ4v) is 2.45. The van der Waals surface area contributed by atoms with Crippen molar-refractivity contribution in [1.82, 2.24) is 5.32 Å². The van der Waals surface area contributed by atoms with Crippen molar-refractivity contribution in [3.63, 3.8) is 0 Å². The predicted molar refractivity (Wildman–Crippen MR) is 109 cm³/mol. The molecule has 0 aliphatic heterocycles. The number of ether oxygens (including phenoxy) is 1. The summed E-state index contributed by atoms with van der Waals surface area (Å²) in [7, 11) is 0. The molecule has 0 atom stereocenters. The van der Waals surface area contributed by atoms with E-state index < -0.39 is 0 Å². The number of benzene rings is 3. The fourth-order valence-electron chi connectivity index (χ4n) is 2.32. The van der Waals surface area contributed by atoms with Crippen LogP contribution in [0.25, 0.3) is 0 Å². The molecule has 0 saturated carbocycles. The molecule has 0 aliphatic carbocycles. The van der Waals surface area contributed by atoms with E-state index >= 15 is 0 Å². The number of nitrogens with one attached hydrogen (secondary N) is 1. The zero-order chi connectivity index (χ0) is 18.9. The molecule has 0 unspecified atom stereocenters. The first-order chi connectivity index (χ1) is 13.2. The molecule has 4 nitrogen and oxygen atoms in total. The molecule has 27 heavy (non-hydrogen) atoms. The molecule has 0 radical (unpaired) electrons. The normalized spacial score (nSPS) is 10.7. The maximum Gasteiger partial charge on any atom is 0.258 e. The number of aliphatic imine (C=N–C) groups is 1. The number of hydrogen-bond acceptors (Lipinski definition) is 3. The molecule has 0 aliphatic rings. The third-order valence-electron chi connectivity index (χ3n) is 3.77. The SMILES string of the molecule is O=C(COc1ccc(C=Nc2ccc(Cl)cc2)cc1)NCc1ccccc1. The second-order valence-electron chi connectivity index (χ2n) is 5.85. The highest BCUT2D eigenvalue weighted by Crippen LogP contribution is 2.17. The summed E-state index contributed by atoms with van der Waals surface area (Å²) in [4.78, 5) is 16.3. The molecular formula is C22H19ClN2O2. The number of amides is 1. The standard InChI is InChI=1S/C22H19ClN2O2/c23-19-8-10-20(11-9-19)24-14-18-6-12-21(13-7-18)27-16-22(26)25-15-17-4-2-1-3-5-17/h1-14H,15-16H2,(H,25,26).